The van der Waals surface area contributed by atoms with Gasteiger partial charge in [-0.1, -0.05) is 37.6 Å². The molecule has 2 aromatic rings. The number of ether oxygens (including phenoxy) is 1. The molecule has 0 atom stereocenters. The first-order chi connectivity index (χ1) is 12.2. The second-order valence-corrected chi connectivity index (χ2v) is 8.17. The Bertz CT molecular complexity index is 881. The van der Waals surface area contributed by atoms with Gasteiger partial charge in [0, 0.05) is 5.02 Å². The number of aryl methyl sites for hydroxylation is 1. The van der Waals surface area contributed by atoms with Crippen molar-refractivity contribution in [1.29, 1.82) is 0 Å². The predicted octanol–water partition coefficient (Wildman–Crippen LogP) is 3.16. The Morgan fingerprint density at radius 1 is 1.15 bits per heavy atom. The molecule has 140 valence electrons. The number of hydrazine groups is 1. The van der Waals surface area contributed by atoms with E-state index in [4.69, 9.17) is 16.3 Å². The second-order valence-electron chi connectivity index (χ2n) is 6.08. The average Bonchev–Trinajstić information content (AvgIpc) is 2.61. The minimum absolute atomic E-state index is 0.0662. The van der Waals surface area contributed by atoms with Crippen LogP contribution in [0.5, 0.6) is 5.75 Å². The van der Waals surface area contributed by atoms with Gasteiger partial charge in [0.05, 0.1) is 4.90 Å². The molecule has 0 aliphatic heterocycles. The average molecular weight is 397 g/mol. The fourth-order valence-electron chi connectivity index (χ4n) is 2.11. The first-order valence-electron chi connectivity index (χ1n) is 7.98. The molecule has 0 bridgehead atoms. The molecule has 8 heteroatoms. The number of halogens is 1. The first kappa shape index (κ1) is 20.2. The summed E-state index contributed by atoms with van der Waals surface area (Å²) in [6, 6.07) is 11.5. The third kappa shape index (κ3) is 5.45. The van der Waals surface area contributed by atoms with Gasteiger partial charge in [-0.2, -0.15) is 0 Å². The van der Waals surface area contributed by atoms with Crippen LogP contribution in [0, 0.1) is 6.92 Å². The lowest BCUT2D eigenvalue weighted by atomic mass is 10.0. The molecule has 0 aromatic heterocycles. The van der Waals surface area contributed by atoms with Crippen LogP contribution in [0.3, 0.4) is 0 Å². The highest BCUT2D eigenvalue weighted by Crippen LogP contribution is 2.21. The van der Waals surface area contributed by atoms with Crippen molar-refractivity contribution in [2.45, 2.75) is 31.6 Å². The van der Waals surface area contributed by atoms with E-state index in [0.717, 1.165) is 11.1 Å². The van der Waals surface area contributed by atoms with Crippen LogP contribution in [0.1, 0.15) is 30.9 Å². The summed E-state index contributed by atoms with van der Waals surface area (Å²) in [5.74, 6) is 0.141. The zero-order chi connectivity index (χ0) is 19.3. The number of amides is 1. The molecule has 0 fully saturated rings. The summed E-state index contributed by atoms with van der Waals surface area (Å²) in [7, 11) is -3.85. The van der Waals surface area contributed by atoms with Crippen LogP contribution >= 0.6 is 11.6 Å². The van der Waals surface area contributed by atoms with Gasteiger partial charge in [0.2, 0.25) is 0 Å². The summed E-state index contributed by atoms with van der Waals surface area (Å²) >= 11 is 5.92. The molecule has 2 N–H and O–H groups in total. The quantitative estimate of drug-likeness (QED) is 0.704. The van der Waals surface area contributed by atoms with E-state index in [-0.39, 0.29) is 11.5 Å². The van der Waals surface area contributed by atoms with E-state index < -0.39 is 15.9 Å². The molecular weight excluding hydrogens is 376 g/mol. The largest absolute Gasteiger partial charge is 0.484 e. The number of rotatable bonds is 7. The Hall–Kier alpha value is -2.09. The van der Waals surface area contributed by atoms with Crippen LogP contribution in [0.4, 0.5) is 0 Å². The molecule has 0 spiro atoms. The van der Waals surface area contributed by atoms with Crippen molar-refractivity contribution >= 4 is 27.5 Å². The van der Waals surface area contributed by atoms with Crippen LogP contribution in [0.25, 0.3) is 0 Å². The predicted molar refractivity (Wildman–Crippen MR) is 101 cm³/mol. The first-order valence-corrected chi connectivity index (χ1v) is 9.84. The maximum atomic E-state index is 12.2. The van der Waals surface area contributed by atoms with E-state index in [9.17, 15) is 13.2 Å². The van der Waals surface area contributed by atoms with Crippen LogP contribution in [0.15, 0.2) is 47.4 Å². The number of sulfonamides is 1. The smallest absolute Gasteiger partial charge is 0.272 e. The summed E-state index contributed by atoms with van der Waals surface area (Å²) in [6.07, 6.45) is 0. The maximum absolute atomic E-state index is 12.2. The minimum Gasteiger partial charge on any atom is -0.484 e. The van der Waals surface area contributed by atoms with Crippen molar-refractivity contribution in [3.63, 3.8) is 0 Å². The highest BCUT2D eigenvalue weighted by atomic mass is 35.5. The number of carbonyl (C=O) groups is 1. The molecule has 0 radical (unpaired) electrons. The van der Waals surface area contributed by atoms with Gasteiger partial charge in [-0.15, -0.1) is 4.83 Å². The lowest BCUT2D eigenvalue weighted by Crippen LogP contribution is -2.43. The molecule has 0 heterocycles. The Labute approximate surface area is 158 Å². The summed E-state index contributed by atoms with van der Waals surface area (Å²) < 4.78 is 29.7. The minimum atomic E-state index is -3.85. The van der Waals surface area contributed by atoms with Crippen molar-refractivity contribution in [3.05, 3.63) is 58.6 Å². The summed E-state index contributed by atoms with van der Waals surface area (Å²) in [4.78, 5) is 13.9. The number of hydrogen-bond acceptors (Lipinski definition) is 4. The Morgan fingerprint density at radius 3 is 2.38 bits per heavy atom. The molecular formula is C18H21ClN2O4S. The van der Waals surface area contributed by atoms with E-state index in [0.29, 0.717) is 16.7 Å². The monoisotopic (exact) mass is 396 g/mol. The van der Waals surface area contributed by atoms with Crippen molar-refractivity contribution in [1.82, 2.24) is 10.3 Å². The highest BCUT2D eigenvalue weighted by molar-refractivity contribution is 7.89. The van der Waals surface area contributed by atoms with Gasteiger partial charge >= 0.3 is 0 Å². The fourth-order valence-corrected chi connectivity index (χ4v) is 3.08. The topological polar surface area (TPSA) is 84.5 Å². The highest BCUT2D eigenvalue weighted by Gasteiger charge is 2.15. The van der Waals surface area contributed by atoms with E-state index >= 15 is 0 Å². The van der Waals surface area contributed by atoms with Crippen LogP contribution in [-0.4, -0.2) is 20.9 Å². The van der Waals surface area contributed by atoms with Crippen molar-refractivity contribution in [3.8, 4) is 5.75 Å². The molecule has 2 aromatic carbocycles. The Kier molecular flexibility index (Phi) is 6.63. The maximum Gasteiger partial charge on any atom is 0.272 e. The van der Waals surface area contributed by atoms with Gasteiger partial charge in [0.15, 0.2) is 6.61 Å². The van der Waals surface area contributed by atoms with Gasteiger partial charge in [-0.25, -0.2) is 8.42 Å². The van der Waals surface area contributed by atoms with Gasteiger partial charge in [-0.05, 0) is 54.3 Å². The third-order valence-corrected chi connectivity index (χ3v) is 5.37. The molecule has 26 heavy (non-hydrogen) atoms. The van der Waals surface area contributed by atoms with E-state index in [2.05, 4.69) is 10.3 Å². The molecule has 1 amide bonds. The Morgan fingerprint density at radius 2 is 1.81 bits per heavy atom. The van der Waals surface area contributed by atoms with E-state index in [1.807, 2.05) is 20.8 Å². The summed E-state index contributed by atoms with van der Waals surface area (Å²) in [5, 5.41) is 0.595. The SMILES string of the molecule is Cc1cc(OCC(=O)NNS(=O)(=O)c2ccc(C(C)C)cc2)ccc1Cl. The van der Waals surface area contributed by atoms with Gasteiger partial charge in [0.25, 0.3) is 15.9 Å². The van der Waals surface area contributed by atoms with Gasteiger partial charge in [0.1, 0.15) is 5.75 Å². The van der Waals surface area contributed by atoms with Gasteiger partial charge < -0.3 is 4.74 Å². The third-order valence-electron chi connectivity index (χ3n) is 3.68. The summed E-state index contributed by atoms with van der Waals surface area (Å²) in [6.45, 7) is 5.51. The van der Waals surface area contributed by atoms with Crippen molar-refractivity contribution in [2.24, 2.45) is 0 Å². The fraction of sp³-hybridized carbons (Fsp3) is 0.278. The molecule has 0 saturated heterocycles. The molecule has 2 rings (SSSR count). The summed E-state index contributed by atoms with van der Waals surface area (Å²) in [5.41, 5.74) is 3.97. The van der Waals surface area contributed by atoms with Crippen LogP contribution in [-0.2, 0) is 14.8 Å². The number of nitrogens with one attached hydrogen (secondary N) is 2. The second kappa shape index (κ2) is 8.53. The van der Waals surface area contributed by atoms with Crippen LogP contribution in [0.2, 0.25) is 5.02 Å². The normalized spacial score (nSPS) is 11.4. The van der Waals surface area contributed by atoms with Crippen molar-refractivity contribution in [2.75, 3.05) is 6.61 Å². The number of benzene rings is 2. The lowest BCUT2D eigenvalue weighted by Gasteiger charge is -2.11. The lowest BCUT2D eigenvalue weighted by molar-refractivity contribution is -0.123. The van der Waals surface area contributed by atoms with E-state index in [1.165, 1.54) is 12.1 Å². The number of hydrogen-bond donors (Lipinski definition) is 2. The Balaban J connectivity index is 1.89. The standard InChI is InChI=1S/C18H21ClN2O4S/c1-12(2)14-4-7-16(8-5-14)26(23,24)21-20-18(22)11-25-15-6-9-17(19)13(3)10-15/h4-10,12,21H,11H2,1-3H3,(H,20,22). The molecule has 0 saturated carbocycles. The van der Waals surface area contributed by atoms with E-state index in [1.54, 1.807) is 30.3 Å². The van der Waals surface area contributed by atoms with Crippen molar-refractivity contribution < 1.29 is 17.9 Å². The molecule has 0 aliphatic rings. The molecule has 0 unspecified atom stereocenters. The zero-order valence-electron chi connectivity index (χ0n) is 14.7. The van der Waals surface area contributed by atoms with Gasteiger partial charge in [-0.3, -0.25) is 10.2 Å². The molecule has 0 aliphatic carbocycles. The zero-order valence-corrected chi connectivity index (χ0v) is 16.3. The molecule has 6 nitrogen and oxygen atoms in total. The van der Waals surface area contributed by atoms with Crippen LogP contribution < -0.4 is 15.0 Å². The number of carbonyl (C=O) groups excluding carboxylic acids is 1.